The number of amides is 2. The van der Waals surface area contributed by atoms with Gasteiger partial charge in [0.05, 0.1) is 24.2 Å². The average molecular weight is 315 g/mol. The van der Waals surface area contributed by atoms with E-state index in [2.05, 4.69) is 15.4 Å². The monoisotopic (exact) mass is 315 g/mol. The molecule has 9 heteroatoms. The summed E-state index contributed by atoms with van der Waals surface area (Å²) in [6, 6.07) is 3.99. The zero-order valence-corrected chi connectivity index (χ0v) is 12.7. The molecular formula is C12H17N3O5S. The van der Waals surface area contributed by atoms with E-state index in [-0.39, 0.29) is 23.0 Å². The van der Waals surface area contributed by atoms with Crippen molar-refractivity contribution in [3.63, 3.8) is 0 Å². The Morgan fingerprint density at radius 1 is 1.29 bits per heavy atom. The summed E-state index contributed by atoms with van der Waals surface area (Å²) in [6.07, 6.45) is 0. The van der Waals surface area contributed by atoms with Crippen molar-refractivity contribution >= 4 is 27.5 Å². The Hall–Kier alpha value is -2.13. The number of carbonyl (C=O) groups excluding carboxylic acids is 2. The highest BCUT2D eigenvalue weighted by Gasteiger charge is 2.17. The van der Waals surface area contributed by atoms with Crippen molar-refractivity contribution in [2.45, 2.75) is 11.8 Å². The van der Waals surface area contributed by atoms with E-state index in [9.17, 15) is 18.0 Å². The van der Waals surface area contributed by atoms with Crippen LogP contribution >= 0.6 is 0 Å². The molecule has 21 heavy (non-hydrogen) atoms. The molecule has 0 aliphatic heterocycles. The van der Waals surface area contributed by atoms with Crippen molar-refractivity contribution in [2.24, 2.45) is 0 Å². The quantitative estimate of drug-likeness (QED) is 0.665. The summed E-state index contributed by atoms with van der Waals surface area (Å²) < 4.78 is 31.3. The molecule has 0 saturated heterocycles. The van der Waals surface area contributed by atoms with E-state index in [1.54, 1.807) is 0 Å². The van der Waals surface area contributed by atoms with Crippen molar-refractivity contribution in [3.8, 4) is 5.75 Å². The van der Waals surface area contributed by atoms with Crippen molar-refractivity contribution < 1.29 is 22.7 Å². The fourth-order valence-electron chi connectivity index (χ4n) is 1.47. The first-order valence-electron chi connectivity index (χ1n) is 5.96. The maximum Gasteiger partial charge on any atom is 0.241 e. The second-order valence-corrected chi connectivity index (χ2v) is 5.81. The number of nitrogens with one attached hydrogen (secondary N) is 3. The van der Waals surface area contributed by atoms with Gasteiger partial charge < -0.3 is 15.4 Å². The summed E-state index contributed by atoms with van der Waals surface area (Å²) in [5.74, 6) is -0.495. The number of methoxy groups -OCH3 is 1. The maximum atomic E-state index is 12.0. The minimum atomic E-state index is -3.87. The molecule has 0 aromatic heterocycles. The summed E-state index contributed by atoms with van der Waals surface area (Å²) in [6.45, 7) is 0.921. The molecule has 1 rings (SSSR count). The highest BCUT2D eigenvalue weighted by molar-refractivity contribution is 7.89. The van der Waals surface area contributed by atoms with Gasteiger partial charge in [0.15, 0.2) is 0 Å². The van der Waals surface area contributed by atoms with Crippen LogP contribution in [0.15, 0.2) is 23.1 Å². The number of anilines is 1. The predicted octanol–water partition coefficient (Wildman–Crippen LogP) is -0.322. The van der Waals surface area contributed by atoms with Crippen molar-refractivity contribution in [2.75, 3.05) is 26.0 Å². The van der Waals surface area contributed by atoms with Gasteiger partial charge >= 0.3 is 0 Å². The molecule has 1 aromatic rings. The first-order valence-corrected chi connectivity index (χ1v) is 7.44. The van der Waals surface area contributed by atoms with Crippen LogP contribution in [0.1, 0.15) is 6.92 Å². The SMILES string of the molecule is CNC(=O)CNS(=O)(=O)c1ccc(OC)c(NC(C)=O)c1. The standard InChI is InChI=1S/C12H17N3O5S/c1-8(16)15-10-6-9(4-5-11(10)20-3)21(18,19)14-7-12(17)13-2/h4-6,14H,7H2,1-3H3,(H,13,17)(H,15,16). The largest absolute Gasteiger partial charge is 0.495 e. The molecule has 116 valence electrons. The minimum Gasteiger partial charge on any atom is -0.495 e. The second kappa shape index (κ2) is 7.04. The summed E-state index contributed by atoms with van der Waals surface area (Å²) in [4.78, 5) is 22.1. The van der Waals surface area contributed by atoms with E-state index >= 15 is 0 Å². The Labute approximate surface area is 122 Å². The molecular weight excluding hydrogens is 298 g/mol. The number of carbonyl (C=O) groups is 2. The van der Waals surface area contributed by atoms with Gasteiger partial charge in [0.1, 0.15) is 5.75 Å². The average Bonchev–Trinajstić information content (AvgIpc) is 2.44. The van der Waals surface area contributed by atoms with Crippen LogP contribution in [0.3, 0.4) is 0 Å². The fraction of sp³-hybridized carbons (Fsp3) is 0.333. The molecule has 0 unspecified atom stereocenters. The number of hydrogen-bond acceptors (Lipinski definition) is 5. The van der Waals surface area contributed by atoms with Gasteiger partial charge in [-0.3, -0.25) is 9.59 Å². The van der Waals surface area contributed by atoms with Gasteiger partial charge in [0.25, 0.3) is 0 Å². The smallest absolute Gasteiger partial charge is 0.241 e. The number of benzene rings is 1. The molecule has 1 aromatic carbocycles. The van der Waals surface area contributed by atoms with Gasteiger partial charge in [-0.1, -0.05) is 0 Å². The van der Waals surface area contributed by atoms with Crippen LogP contribution in [0.25, 0.3) is 0 Å². The molecule has 8 nitrogen and oxygen atoms in total. The lowest BCUT2D eigenvalue weighted by molar-refractivity contribution is -0.119. The molecule has 0 spiro atoms. The van der Waals surface area contributed by atoms with Gasteiger partial charge in [-0.15, -0.1) is 0 Å². The highest BCUT2D eigenvalue weighted by Crippen LogP contribution is 2.27. The van der Waals surface area contributed by atoms with Gasteiger partial charge in [-0.25, -0.2) is 13.1 Å². The van der Waals surface area contributed by atoms with E-state index in [1.807, 2.05) is 0 Å². The van der Waals surface area contributed by atoms with Crippen LogP contribution in [0.5, 0.6) is 5.75 Å². The Kier molecular flexibility index (Phi) is 5.68. The number of rotatable bonds is 6. The Morgan fingerprint density at radius 2 is 1.95 bits per heavy atom. The number of likely N-dealkylation sites (N-methyl/N-ethyl adjacent to an activating group) is 1. The van der Waals surface area contributed by atoms with E-state index in [0.717, 1.165) is 0 Å². The van der Waals surface area contributed by atoms with E-state index in [0.29, 0.717) is 5.75 Å². The molecule has 0 bridgehead atoms. The lowest BCUT2D eigenvalue weighted by Gasteiger charge is -2.12. The molecule has 0 radical (unpaired) electrons. The summed E-state index contributed by atoms with van der Waals surface area (Å²) in [5.41, 5.74) is 0.229. The third kappa shape index (κ3) is 4.72. The molecule has 2 amide bonds. The summed E-state index contributed by atoms with van der Waals surface area (Å²) >= 11 is 0. The summed E-state index contributed by atoms with van der Waals surface area (Å²) in [7, 11) is -1.06. The molecule has 0 atom stereocenters. The van der Waals surface area contributed by atoms with Crippen LogP contribution < -0.4 is 20.1 Å². The zero-order valence-electron chi connectivity index (χ0n) is 11.9. The zero-order chi connectivity index (χ0) is 16.0. The Bertz CT molecular complexity index is 642. The molecule has 3 N–H and O–H groups in total. The van der Waals surface area contributed by atoms with Gasteiger partial charge in [-0.05, 0) is 18.2 Å². The molecule has 0 heterocycles. The van der Waals surface area contributed by atoms with Crippen LogP contribution in [0, 0.1) is 0 Å². The van der Waals surface area contributed by atoms with Crippen LogP contribution in [-0.4, -0.2) is 40.9 Å². The van der Waals surface area contributed by atoms with Gasteiger partial charge in [0.2, 0.25) is 21.8 Å². The summed E-state index contributed by atoms with van der Waals surface area (Å²) in [5, 5.41) is 4.78. The fourth-order valence-corrected chi connectivity index (χ4v) is 2.48. The van der Waals surface area contributed by atoms with Crippen LogP contribution in [-0.2, 0) is 19.6 Å². The van der Waals surface area contributed by atoms with Crippen molar-refractivity contribution in [1.82, 2.24) is 10.0 Å². The maximum absolute atomic E-state index is 12.0. The third-order valence-corrected chi connectivity index (χ3v) is 3.89. The first kappa shape index (κ1) is 16.9. The second-order valence-electron chi connectivity index (χ2n) is 4.04. The van der Waals surface area contributed by atoms with Crippen molar-refractivity contribution in [3.05, 3.63) is 18.2 Å². The Morgan fingerprint density at radius 3 is 2.48 bits per heavy atom. The molecule has 0 fully saturated rings. The Balaban J connectivity index is 3.07. The van der Waals surface area contributed by atoms with Gasteiger partial charge in [0, 0.05) is 14.0 Å². The van der Waals surface area contributed by atoms with E-state index < -0.39 is 15.9 Å². The van der Waals surface area contributed by atoms with E-state index in [4.69, 9.17) is 4.74 Å². The topological polar surface area (TPSA) is 114 Å². The predicted molar refractivity (Wildman–Crippen MR) is 76.6 cm³/mol. The molecule has 0 aliphatic rings. The van der Waals surface area contributed by atoms with Crippen molar-refractivity contribution in [1.29, 1.82) is 0 Å². The lowest BCUT2D eigenvalue weighted by Crippen LogP contribution is -2.35. The number of sulfonamides is 1. The van der Waals surface area contributed by atoms with Gasteiger partial charge in [-0.2, -0.15) is 0 Å². The molecule has 0 aliphatic carbocycles. The highest BCUT2D eigenvalue weighted by atomic mass is 32.2. The normalized spacial score (nSPS) is 10.8. The van der Waals surface area contributed by atoms with E-state index in [1.165, 1.54) is 39.3 Å². The van der Waals surface area contributed by atoms with Crippen LogP contribution in [0.4, 0.5) is 5.69 Å². The first-order chi connectivity index (χ1) is 9.80. The number of hydrogen-bond donors (Lipinski definition) is 3. The molecule has 0 saturated carbocycles. The van der Waals surface area contributed by atoms with Crippen LogP contribution in [0.2, 0.25) is 0 Å². The minimum absolute atomic E-state index is 0.0871. The number of ether oxygens (including phenoxy) is 1. The lowest BCUT2D eigenvalue weighted by atomic mass is 10.3. The third-order valence-electron chi connectivity index (χ3n) is 2.49.